The molecule has 0 aliphatic carbocycles. The smallest absolute Gasteiger partial charge is 0.316 e. The highest BCUT2D eigenvalue weighted by Crippen LogP contribution is 2.55. The van der Waals surface area contributed by atoms with Crippen LogP contribution >= 0.6 is 0 Å². The monoisotopic (exact) mass is 348 g/mol. The van der Waals surface area contributed by atoms with Gasteiger partial charge < -0.3 is 28.4 Å². The molecule has 0 N–H and O–H groups in total. The van der Waals surface area contributed by atoms with Crippen LogP contribution in [0.1, 0.15) is 0 Å². The SMILES string of the molecule is C1OC23COC4(COC5(COC6(COC7(COC1(O2)O7)O6)O5)O4)O3. The Morgan fingerprint density at radius 3 is 0.625 bits per heavy atom. The van der Waals surface area contributed by atoms with E-state index >= 15 is 0 Å². The summed E-state index contributed by atoms with van der Waals surface area (Å²) >= 11 is 0. The topological polar surface area (TPSA) is 111 Å². The van der Waals surface area contributed by atoms with Gasteiger partial charge in [0.15, 0.2) is 0 Å². The lowest BCUT2D eigenvalue weighted by atomic mass is 10.6. The van der Waals surface area contributed by atoms with Gasteiger partial charge in [0.25, 0.3) is 0 Å². The Labute approximate surface area is 133 Å². The zero-order valence-electron chi connectivity index (χ0n) is 12.1. The van der Waals surface area contributed by atoms with Crippen molar-refractivity contribution in [1.82, 2.24) is 0 Å². The molecule has 0 radical (unpaired) electrons. The summed E-state index contributed by atoms with van der Waals surface area (Å²) in [5, 5.41) is 0. The zero-order chi connectivity index (χ0) is 15.7. The number of hydrogen-bond acceptors (Lipinski definition) is 12. The number of rotatable bonds is 0. The van der Waals surface area contributed by atoms with Crippen LogP contribution in [-0.4, -0.2) is 75.5 Å². The van der Waals surface area contributed by atoms with Gasteiger partial charge in [-0.15, -0.1) is 0 Å². The van der Waals surface area contributed by atoms with Crippen LogP contribution in [0.3, 0.4) is 0 Å². The average molecular weight is 348 g/mol. The Morgan fingerprint density at radius 2 is 0.458 bits per heavy atom. The van der Waals surface area contributed by atoms with Gasteiger partial charge in [0.05, 0.1) is 0 Å². The lowest BCUT2D eigenvalue weighted by molar-refractivity contribution is -0.489. The maximum atomic E-state index is 5.78. The molecule has 0 unspecified atom stereocenters. The Morgan fingerprint density at radius 1 is 0.292 bits per heavy atom. The average Bonchev–Trinajstić information content (AvgIpc) is 3.35. The van der Waals surface area contributed by atoms with Gasteiger partial charge >= 0.3 is 35.8 Å². The molecule has 7 aliphatic rings. The van der Waals surface area contributed by atoms with E-state index in [1.54, 1.807) is 0 Å². The van der Waals surface area contributed by atoms with Crippen LogP contribution in [0, 0.1) is 0 Å². The van der Waals surface area contributed by atoms with Crippen LogP contribution in [-0.2, 0) is 56.8 Å². The van der Waals surface area contributed by atoms with Crippen molar-refractivity contribution in [3.05, 3.63) is 0 Å². The molecule has 0 aromatic rings. The van der Waals surface area contributed by atoms with Gasteiger partial charge in [0.1, 0.15) is 39.6 Å². The van der Waals surface area contributed by atoms with Crippen molar-refractivity contribution in [2.45, 2.75) is 35.8 Å². The molecule has 0 aromatic heterocycles. The summed E-state index contributed by atoms with van der Waals surface area (Å²) in [7, 11) is 0. The second-order valence-electron chi connectivity index (χ2n) is 6.44. The second kappa shape index (κ2) is 3.64. The van der Waals surface area contributed by atoms with E-state index in [0.717, 1.165) is 0 Å². The molecule has 7 aliphatic heterocycles. The molecule has 6 spiro atoms. The van der Waals surface area contributed by atoms with Gasteiger partial charge in [-0.25, -0.2) is 0 Å². The first kappa shape index (κ1) is 13.7. The van der Waals surface area contributed by atoms with E-state index in [2.05, 4.69) is 0 Å². The molecule has 0 amide bonds. The van der Waals surface area contributed by atoms with Gasteiger partial charge in [-0.2, -0.15) is 0 Å². The predicted molar refractivity (Wildman–Crippen MR) is 58.6 cm³/mol. The number of hydrogen-bond donors (Lipinski definition) is 0. The van der Waals surface area contributed by atoms with Crippen molar-refractivity contribution in [2.24, 2.45) is 0 Å². The molecular formula is C12H12O12. The van der Waals surface area contributed by atoms with Crippen molar-refractivity contribution < 1.29 is 56.8 Å². The minimum absolute atomic E-state index is 0.0817. The highest BCUT2D eigenvalue weighted by Gasteiger charge is 2.76. The van der Waals surface area contributed by atoms with Gasteiger partial charge in [-0.1, -0.05) is 0 Å². The third kappa shape index (κ3) is 1.51. The lowest BCUT2D eigenvalue weighted by Gasteiger charge is -2.29. The molecule has 12 nitrogen and oxygen atoms in total. The van der Waals surface area contributed by atoms with Crippen molar-refractivity contribution >= 4 is 0 Å². The third-order valence-corrected chi connectivity index (χ3v) is 4.68. The summed E-state index contributed by atoms with van der Waals surface area (Å²) in [4.78, 5) is 0. The van der Waals surface area contributed by atoms with E-state index in [4.69, 9.17) is 56.8 Å². The van der Waals surface area contributed by atoms with Gasteiger partial charge in [0, 0.05) is 0 Å². The van der Waals surface area contributed by atoms with Crippen LogP contribution in [0.25, 0.3) is 0 Å². The molecule has 7 fully saturated rings. The van der Waals surface area contributed by atoms with Gasteiger partial charge in [0.2, 0.25) is 0 Å². The van der Waals surface area contributed by atoms with E-state index in [9.17, 15) is 0 Å². The van der Waals surface area contributed by atoms with Crippen LogP contribution in [0.15, 0.2) is 0 Å². The first-order valence-corrected chi connectivity index (χ1v) is 7.53. The van der Waals surface area contributed by atoms with Gasteiger partial charge in [-0.3, -0.25) is 28.4 Å². The standard InChI is InChI=1S/C12H12O12/c1-7-14-3-9(20-7)16-5-11(22-9)18-6-12(24-11)17-4-10(23-12)15-2-8(13-1,19-7)21-10/h1-6H2. The molecule has 24 heavy (non-hydrogen) atoms. The quantitative estimate of drug-likeness (QED) is 0.492. The summed E-state index contributed by atoms with van der Waals surface area (Å²) in [6.07, 6.45) is 0. The lowest BCUT2D eigenvalue weighted by Crippen LogP contribution is -2.47. The Bertz CT molecular complexity index is 446. The maximum absolute atomic E-state index is 5.78. The molecule has 7 rings (SSSR count). The van der Waals surface area contributed by atoms with Crippen molar-refractivity contribution in [1.29, 1.82) is 0 Å². The molecule has 7 saturated heterocycles. The van der Waals surface area contributed by atoms with Crippen molar-refractivity contribution in [3.63, 3.8) is 0 Å². The zero-order valence-corrected chi connectivity index (χ0v) is 12.1. The molecule has 132 valence electrons. The summed E-state index contributed by atoms with van der Waals surface area (Å²) < 4.78 is 68.4. The van der Waals surface area contributed by atoms with Crippen LogP contribution in [0.2, 0.25) is 0 Å². The van der Waals surface area contributed by atoms with E-state index in [-0.39, 0.29) is 39.6 Å². The van der Waals surface area contributed by atoms with Crippen molar-refractivity contribution in [3.8, 4) is 0 Å². The van der Waals surface area contributed by atoms with E-state index in [1.165, 1.54) is 0 Å². The van der Waals surface area contributed by atoms with E-state index < -0.39 is 35.8 Å². The highest BCUT2D eigenvalue weighted by molar-refractivity contribution is 4.91. The maximum Gasteiger partial charge on any atom is 0.316 e. The summed E-state index contributed by atoms with van der Waals surface area (Å²) in [6.45, 7) is -0.490. The highest BCUT2D eigenvalue weighted by atomic mass is 17.2. The molecule has 7 heterocycles. The fourth-order valence-corrected chi connectivity index (χ4v) is 3.69. The molecule has 0 aromatic carbocycles. The fourth-order valence-electron chi connectivity index (χ4n) is 3.69. The third-order valence-electron chi connectivity index (χ3n) is 4.68. The van der Waals surface area contributed by atoms with E-state index in [0.29, 0.717) is 0 Å². The van der Waals surface area contributed by atoms with Crippen LogP contribution in [0.4, 0.5) is 0 Å². The Hall–Kier alpha value is -0.480. The fraction of sp³-hybridized carbons (Fsp3) is 1.00. The summed E-state index contributed by atoms with van der Waals surface area (Å²) in [5.74, 6) is -9.36. The Kier molecular flexibility index (Phi) is 2.08. The predicted octanol–water partition coefficient (Wildman–Crippen LogP) is -1.80. The second-order valence-corrected chi connectivity index (χ2v) is 6.44. The molecular weight excluding hydrogens is 336 g/mol. The molecule has 0 atom stereocenters. The minimum Gasteiger partial charge on any atom is -0.317 e. The molecule has 0 saturated carbocycles. The first-order chi connectivity index (χ1) is 11.5. The normalized spacial score (nSPS) is 66.0. The first-order valence-electron chi connectivity index (χ1n) is 7.53. The van der Waals surface area contributed by atoms with E-state index in [1.807, 2.05) is 0 Å². The summed E-state index contributed by atoms with van der Waals surface area (Å²) in [6, 6.07) is 0. The molecule has 6 bridgehead atoms. The molecule has 12 heteroatoms. The Balaban J connectivity index is 1.36. The summed E-state index contributed by atoms with van der Waals surface area (Å²) in [5.41, 5.74) is 0. The van der Waals surface area contributed by atoms with Crippen LogP contribution < -0.4 is 0 Å². The minimum atomic E-state index is -1.56. The van der Waals surface area contributed by atoms with Gasteiger partial charge in [-0.05, 0) is 0 Å². The number of ether oxygens (including phenoxy) is 12. The largest absolute Gasteiger partial charge is 0.317 e. The van der Waals surface area contributed by atoms with Crippen LogP contribution in [0.5, 0.6) is 0 Å². The van der Waals surface area contributed by atoms with Crippen molar-refractivity contribution in [2.75, 3.05) is 39.6 Å².